The Balaban J connectivity index is 0.00000162. The number of amides is 1. The SMILES string of the molecule is CC(C)(C)OC(=O)NCC1(N)CC2CCC1C2.Cl. The number of ether oxygens (including phenoxy) is 1. The summed E-state index contributed by atoms with van der Waals surface area (Å²) in [6.07, 6.45) is 4.47. The van der Waals surface area contributed by atoms with Crippen molar-refractivity contribution in [3.8, 4) is 0 Å². The molecule has 2 saturated carbocycles. The zero-order valence-corrected chi connectivity index (χ0v) is 12.3. The molecule has 18 heavy (non-hydrogen) atoms. The summed E-state index contributed by atoms with van der Waals surface area (Å²) >= 11 is 0. The molecule has 0 radical (unpaired) electrons. The summed E-state index contributed by atoms with van der Waals surface area (Å²) in [7, 11) is 0. The molecule has 1 amide bonds. The summed E-state index contributed by atoms with van der Waals surface area (Å²) in [4.78, 5) is 11.6. The van der Waals surface area contributed by atoms with Crippen molar-refractivity contribution in [3.05, 3.63) is 0 Å². The molecule has 5 heteroatoms. The van der Waals surface area contributed by atoms with E-state index >= 15 is 0 Å². The molecule has 2 aliphatic rings. The van der Waals surface area contributed by atoms with Crippen LogP contribution in [0.4, 0.5) is 4.79 Å². The number of nitrogens with two attached hydrogens (primary N) is 1. The van der Waals surface area contributed by atoms with E-state index in [2.05, 4.69) is 5.32 Å². The number of hydrogen-bond donors (Lipinski definition) is 2. The third kappa shape index (κ3) is 3.51. The maximum absolute atomic E-state index is 11.6. The number of carbonyl (C=O) groups is 1. The van der Waals surface area contributed by atoms with Gasteiger partial charge in [0.25, 0.3) is 0 Å². The molecule has 2 rings (SSSR count). The lowest BCUT2D eigenvalue weighted by molar-refractivity contribution is 0.0506. The van der Waals surface area contributed by atoms with Crippen molar-refractivity contribution in [2.45, 2.75) is 57.6 Å². The lowest BCUT2D eigenvalue weighted by atomic mass is 9.82. The zero-order chi connectivity index (χ0) is 12.7. The number of fused-ring (bicyclic) bond motifs is 2. The summed E-state index contributed by atoms with van der Waals surface area (Å²) in [6.45, 7) is 6.13. The van der Waals surface area contributed by atoms with Crippen molar-refractivity contribution >= 4 is 18.5 Å². The molecular formula is C13H25ClN2O2. The number of carbonyl (C=O) groups excluding carboxylic acids is 1. The molecule has 2 fully saturated rings. The molecule has 0 aliphatic heterocycles. The Labute approximate surface area is 115 Å². The number of halogens is 1. The fraction of sp³-hybridized carbons (Fsp3) is 0.923. The van der Waals surface area contributed by atoms with Gasteiger partial charge in [-0.15, -0.1) is 12.4 Å². The first-order valence-corrected chi connectivity index (χ1v) is 6.54. The second-order valence-corrected chi connectivity index (χ2v) is 6.67. The monoisotopic (exact) mass is 276 g/mol. The van der Waals surface area contributed by atoms with Crippen LogP contribution in [0.3, 0.4) is 0 Å². The first-order valence-electron chi connectivity index (χ1n) is 6.54. The predicted molar refractivity (Wildman–Crippen MR) is 73.9 cm³/mol. The quantitative estimate of drug-likeness (QED) is 0.814. The van der Waals surface area contributed by atoms with Gasteiger partial charge in [-0.1, -0.05) is 6.42 Å². The van der Waals surface area contributed by atoms with Gasteiger partial charge >= 0.3 is 6.09 Å². The fourth-order valence-electron chi connectivity index (χ4n) is 3.25. The van der Waals surface area contributed by atoms with Crippen LogP contribution >= 0.6 is 12.4 Å². The van der Waals surface area contributed by atoms with Gasteiger partial charge in [0, 0.05) is 12.1 Å². The predicted octanol–water partition coefficient (Wildman–Crippen LogP) is 2.45. The molecule has 0 aromatic carbocycles. The molecule has 0 saturated heterocycles. The van der Waals surface area contributed by atoms with Crippen LogP contribution in [0, 0.1) is 11.8 Å². The third-order valence-corrected chi connectivity index (χ3v) is 3.98. The highest BCUT2D eigenvalue weighted by molar-refractivity contribution is 5.85. The number of hydrogen-bond acceptors (Lipinski definition) is 3. The Morgan fingerprint density at radius 2 is 2.11 bits per heavy atom. The molecule has 3 N–H and O–H groups in total. The summed E-state index contributed by atoms with van der Waals surface area (Å²) < 4.78 is 5.22. The van der Waals surface area contributed by atoms with Crippen molar-refractivity contribution in [2.24, 2.45) is 17.6 Å². The van der Waals surface area contributed by atoms with E-state index in [4.69, 9.17) is 10.5 Å². The maximum Gasteiger partial charge on any atom is 0.407 e. The highest BCUT2D eigenvalue weighted by Crippen LogP contribution is 2.49. The van der Waals surface area contributed by atoms with E-state index in [0.717, 1.165) is 12.3 Å². The van der Waals surface area contributed by atoms with Gasteiger partial charge in [-0.25, -0.2) is 4.79 Å². The smallest absolute Gasteiger partial charge is 0.407 e. The van der Waals surface area contributed by atoms with Gasteiger partial charge in [0.05, 0.1) is 0 Å². The van der Waals surface area contributed by atoms with Gasteiger partial charge in [0.15, 0.2) is 0 Å². The molecule has 0 heterocycles. The largest absolute Gasteiger partial charge is 0.444 e. The normalized spacial score (nSPS) is 34.0. The first kappa shape index (κ1) is 15.6. The Hall–Kier alpha value is -0.480. The molecule has 4 nitrogen and oxygen atoms in total. The van der Waals surface area contributed by atoms with Gasteiger partial charge in [-0.05, 0) is 51.9 Å². The highest BCUT2D eigenvalue weighted by atomic mass is 35.5. The molecule has 0 spiro atoms. The van der Waals surface area contributed by atoms with Crippen LogP contribution in [-0.4, -0.2) is 23.8 Å². The lowest BCUT2D eigenvalue weighted by Gasteiger charge is -2.34. The summed E-state index contributed by atoms with van der Waals surface area (Å²) in [5, 5.41) is 2.82. The van der Waals surface area contributed by atoms with E-state index in [-0.39, 0.29) is 24.0 Å². The summed E-state index contributed by atoms with van der Waals surface area (Å²) in [6, 6.07) is 0. The average Bonchev–Trinajstić information content (AvgIpc) is 2.72. The molecule has 0 aromatic rings. The Morgan fingerprint density at radius 3 is 2.56 bits per heavy atom. The zero-order valence-electron chi connectivity index (χ0n) is 11.5. The Bertz CT molecular complexity index is 317. The summed E-state index contributed by atoms with van der Waals surface area (Å²) in [5.41, 5.74) is 5.75. The van der Waals surface area contributed by atoms with Crippen molar-refractivity contribution in [2.75, 3.05) is 6.54 Å². The van der Waals surface area contributed by atoms with Crippen molar-refractivity contribution < 1.29 is 9.53 Å². The Kier molecular flexibility index (Phi) is 4.55. The minimum Gasteiger partial charge on any atom is -0.444 e. The minimum absolute atomic E-state index is 0. The minimum atomic E-state index is -0.444. The van der Waals surface area contributed by atoms with Crippen LogP contribution in [0.1, 0.15) is 46.5 Å². The molecule has 3 unspecified atom stereocenters. The van der Waals surface area contributed by atoms with Gasteiger partial charge in [-0.2, -0.15) is 0 Å². The average molecular weight is 277 g/mol. The number of rotatable bonds is 2. The standard InChI is InChI=1S/C13H24N2O2.ClH/c1-12(2,3)17-11(16)15-8-13(14)7-9-4-5-10(13)6-9;/h9-10H,4-8,14H2,1-3H3,(H,15,16);1H. The fourth-order valence-corrected chi connectivity index (χ4v) is 3.25. The third-order valence-electron chi connectivity index (χ3n) is 3.98. The van der Waals surface area contributed by atoms with E-state index in [1.165, 1.54) is 19.3 Å². The lowest BCUT2D eigenvalue weighted by Crippen LogP contribution is -2.54. The highest BCUT2D eigenvalue weighted by Gasteiger charge is 2.48. The van der Waals surface area contributed by atoms with Crippen LogP contribution in [-0.2, 0) is 4.74 Å². The maximum atomic E-state index is 11.6. The number of alkyl carbamates (subject to hydrolysis) is 1. The van der Waals surface area contributed by atoms with E-state index in [1.54, 1.807) is 0 Å². The van der Waals surface area contributed by atoms with E-state index in [0.29, 0.717) is 12.5 Å². The van der Waals surface area contributed by atoms with Crippen molar-refractivity contribution in [3.63, 3.8) is 0 Å². The van der Waals surface area contributed by atoms with Gasteiger partial charge in [0.1, 0.15) is 5.60 Å². The second kappa shape index (κ2) is 5.25. The van der Waals surface area contributed by atoms with Gasteiger partial charge in [-0.3, -0.25) is 0 Å². The van der Waals surface area contributed by atoms with Crippen LogP contribution in [0.25, 0.3) is 0 Å². The molecular weight excluding hydrogens is 252 g/mol. The molecule has 3 atom stereocenters. The molecule has 106 valence electrons. The van der Waals surface area contributed by atoms with Crippen molar-refractivity contribution in [1.82, 2.24) is 5.32 Å². The topological polar surface area (TPSA) is 64.3 Å². The van der Waals surface area contributed by atoms with E-state index < -0.39 is 5.60 Å². The van der Waals surface area contributed by atoms with Crippen LogP contribution in [0.5, 0.6) is 0 Å². The Morgan fingerprint density at radius 1 is 1.44 bits per heavy atom. The van der Waals surface area contributed by atoms with E-state index in [9.17, 15) is 4.79 Å². The van der Waals surface area contributed by atoms with Gasteiger partial charge in [0.2, 0.25) is 0 Å². The van der Waals surface area contributed by atoms with Crippen LogP contribution < -0.4 is 11.1 Å². The molecule has 0 aromatic heterocycles. The molecule has 2 bridgehead atoms. The molecule has 2 aliphatic carbocycles. The van der Waals surface area contributed by atoms with Gasteiger partial charge < -0.3 is 15.8 Å². The second-order valence-electron chi connectivity index (χ2n) is 6.67. The first-order chi connectivity index (χ1) is 7.78. The van der Waals surface area contributed by atoms with E-state index in [1.807, 2.05) is 20.8 Å². The number of nitrogens with one attached hydrogen (secondary N) is 1. The van der Waals surface area contributed by atoms with Crippen molar-refractivity contribution in [1.29, 1.82) is 0 Å². The van der Waals surface area contributed by atoms with Crippen LogP contribution in [0.2, 0.25) is 0 Å². The van der Waals surface area contributed by atoms with Crippen LogP contribution in [0.15, 0.2) is 0 Å². The summed E-state index contributed by atoms with van der Waals surface area (Å²) in [5.74, 6) is 1.37.